The van der Waals surface area contributed by atoms with Crippen molar-refractivity contribution in [3.63, 3.8) is 0 Å². The van der Waals surface area contributed by atoms with Crippen LogP contribution < -0.4 is 11.1 Å². The van der Waals surface area contributed by atoms with Crippen LogP contribution in [0.1, 0.15) is 28.8 Å². The molecule has 1 aliphatic rings. The molecule has 0 bridgehead atoms. The van der Waals surface area contributed by atoms with Crippen LogP contribution in [0.25, 0.3) is 0 Å². The number of carbonyl (C=O) groups excluding carboxylic acids is 1. The first-order chi connectivity index (χ1) is 9.29. The molecule has 0 saturated carbocycles. The van der Waals surface area contributed by atoms with E-state index >= 15 is 0 Å². The molecule has 0 spiro atoms. The molecule has 1 unspecified atom stereocenters. The van der Waals surface area contributed by atoms with Crippen molar-refractivity contribution in [2.24, 2.45) is 11.7 Å². The summed E-state index contributed by atoms with van der Waals surface area (Å²) < 4.78 is 5.41. The number of ether oxygens (including phenoxy) is 1. The molecule has 2 rings (SSSR count). The first-order valence-electron chi connectivity index (χ1n) is 6.94. The van der Waals surface area contributed by atoms with Gasteiger partial charge in [-0.15, -0.1) is 0 Å². The summed E-state index contributed by atoms with van der Waals surface area (Å²) in [6, 6.07) is 7.66. The lowest BCUT2D eigenvalue weighted by molar-refractivity contribution is 0.0536. The second kappa shape index (κ2) is 7.26. The molecule has 1 aromatic rings. The Bertz CT molecular complexity index is 414. The highest BCUT2D eigenvalue weighted by atomic mass is 16.5. The summed E-state index contributed by atoms with van der Waals surface area (Å²) >= 11 is 0. The van der Waals surface area contributed by atoms with Crippen molar-refractivity contribution in [2.75, 3.05) is 26.3 Å². The van der Waals surface area contributed by atoms with Crippen LogP contribution in [0.3, 0.4) is 0 Å². The summed E-state index contributed by atoms with van der Waals surface area (Å²) in [4.78, 5) is 12.1. The Morgan fingerprint density at radius 2 is 2.37 bits per heavy atom. The maximum absolute atomic E-state index is 12.1. The first kappa shape index (κ1) is 14.0. The second-order valence-electron chi connectivity index (χ2n) is 5.03. The molecule has 19 heavy (non-hydrogen) atoms. The number of hydrogen-bond donors (Lipinski definition) is 2. The van der Waals surface area contributed by atoms with E-state index in [4.69, 9.17) is 10.5 Å². The van der Waals surface area contributed by atoms with Gasteiger partial charge in [0.05, 0.1) is 6.61 Å². The van der Waals surface area contributed by atoms with Crippen LogP contribution in [0.15, 0.2) is 24.3 Å². The van der Waals surface area contributed by atoms with Crippen LogP contribution in [0.4, 0.5) is 0 Å². The zero-order chi connectivity index (χ0) is 13.5. The summed E-state index contributed by atoms with van der Waals surface area (Å²) in [6.07, 6.45) is 3.03. The SMILES string of the molecule is NCCc1cccc(C(=O)NCC2CCCOC2)c1. The fraction of sp³-hybridized carbons (Fsp3) is 0.533. The van der Waals surface area contributed by atoms with Crippen LogP contribution in [0.5, 0.6) is 0 Å². The molecule has 0 aromatic heterocycles. The highest BCUT2D eigenvalue weighted by Gasteiger charge is 2.15. The monoisotopic (exact) mass is 262 g/mol. The maximum Gasteiger partial charge on any atom is 0.251 e. The minimum absolute atomic E-state index is 0.00977. The van der Waals surface area contributed by atoms with E-state index in [0.29, 0.717) is 24.6 Å². The van der Waals surface area contributed by atoms with Crippen LogP contribution in [0.2, 0.25) is 0 Å². The summed E-state index contributed by atoms with van der Waals surface area (Å²) in [5.74, 6) is 0.439. The quantitative estimate of drug-likeness (QED) is 0.841. The summed E-state index contributed by atoms with van der Waals surface area (Å²) in [7, 11) is 0. The van der Waals surface area contributed by atoms with Gasteiger partial charge in [-0.25, -0.2) is 0 Å². The molecule has 1 aliphatic heterocycles. The molecule has 1 fully saturated rings. The van der Waals surface area contributed by atoms with Gasteiger partial charge in [-0.1, -0.05) is 12.1 Å². The Morgan fingerprint density at radius 1 is 1.47 bits per heavy atom. The van der Waals surface area contributed by atoms with E-state index in [-0.39, 0.29) is 5.91 Å². The molecule has 1 amide bonds. The van der Waals surface area contributed by atoms with Crippen LogP contribution in [-0.2, 0) is 11.2 Å². The van der Waals surface area contributed by atoms with Crippen molar-refractivity contribution in [1.29, 1.82) is 0 Å². The van der Waals surface area contributed by atoms with Gasteiger partial charge in [0.25, 0.3) is 5.91 Å². The summed E-state index contributed by atoms with van der Waals surface area (Å²) in [5, 5.41) is 2.99. The minimum Gasteiger partial charge on any atom is -0.381 e. The molecule has 4 heteroatoms. The van der Waals surface area contributed by atoms with Gasteiger partial charge in [0, 0.05) is 18.7 Å². The van der Waals surface area contributed by atoms with Gasteiger partial charge in [-0.05, 0) is 49.4 Å². The molecule has 4 nitrogen and oxygen atoms in total. The summed E-state index contributed by atoms with van der Waals surface area (Å²) in [6.45, 7) is 2.91. The fourth-order valence-corrected chi connectivity index (χ4v) is 2.34. The lowest BCUT2D eigenvalue weighted by atomic mass is 10.0. The van der Waals surface area contributed by atoms with Gasteiger partial charge >= 0.3 is 0 Å². The second-order valence-corrected chi connectivity index (χ2v) is 5.03. The zero-order valence-corrected chi connectivity index (χ0v) is 11.2. The average Bonchev–Trinajstić information content (AvgIpc) is 2.46. The highest BCUT2D eigenvalue weighted by molar-refractivity contribution is 5.94. The van der Waals surface area contributed by atoms with Gasteiger partial charge in [0.15, 0.2) is 0 Å². The van der Waals surface area contributed by atoms with E-state index in [2.05, 4.69) is 5.32 Å². The van der Waals surface area contributed by atoms with Gasteiger partial charge in [-0.2, -0.15) is 0 Å². The number of carbonyl (C=O) groups is 1. The third-order valence-corrected chi connectivity index (χ3v) is 3.43. The standard InChI is InChI=1S/C15H22N2O2/c16-7-6-12-3-1-5-14(9-12)15(18)17-10-13-4-2-8-19-11-13/h1,3,5,9,13H,2,4,6-8,10-11,16H2,(H,17,18). The molecular weight excluding hydrogens is 240 g/mol. The van der Waals surface area contributed by atoms with Gasteiger partial charge < -0.3 is 15.8 Å². The largest absolute Gasteiger partial charge is 0.381 e. The zero-order valence-electron chi connectivity index (χ0n) is 11.2. The van der Waals surface area contributed by atoms with E-state index < -0.39 is 0 Å². The van der Waals surface area contributed by atoms with Gasteiger partial charge in [0.1, 0.15) is 0 Å². The van der Waals surface area contributed by atoms with Crippen LogP contribution in [-0.4, -0.2) is 32.2 Å². The van der Waals surface area contributed by atoms with Crippen LogP contribution >= 0.6 is 0 Å². The normalized spacial score (nSPS) is 19.1. The van der Waals surface area contributed by atoms with E-state index in [1.807, 2.05) is 24.3 Å². The van der Waals surface area contributed by atoms with Crippen molar-refractivity contribution >= 4 is 5.91 Å². The molecule has 1 aromatic carbocycles. The molecular formula is C15H22N2O2. The third-order valence-electron chi connectivity index (χ3n) is 3.43. The molecule has 1 heterocycles. The van der Waals surface area contributed by atoms with E-state index in [9.17, 15) is 4.79 Å². The number of nitrogens with two attached hydrogens (primary N) is 1. The van der Waals surface area contributed by atoms with Crippen molar-refractivity contribution in [2.45, 2.75) is 19.3 Å². The third kappa shape index (κ3) is 4.33. The average molecular weight is 262 g/mol. The van der Waals surface area contributed by atoms with Gasteiger partial charge in [0.2, 0.25) is 0 Å². The van der Waals surface area contributed by atoms with E-state index in [1.54, 1.807) is 0 Å². The van der Waals surface area contributed by atoms with Crippen molar-refractivity contribution in [3.8, 4) is 0 Å². The van der Waals surface area contributed by atoms with Crippen molar-refractivity contribution < 1.29 is 9.53 Å². The van der Waals surface area contributed by atoms with Crippen LogP contribution in [0, 0.1) is 5.92 Å². The Labute approximate surface area is 114 Å². The Morgan fingerprint density at radius 3 is 3.11 bits per heavy atom. The Hall–Kier alpha value is -1.39. The Kier molecular flexibility index (Phi) is 5.36. The van der Waals surface area contributed by atoms with Crippen molar-refractivity contribution in [3.05, 3.63) is 35.4 Å². The highest BCUT2D eigenvalue weighted by Crippen LogP contribution is 2.12. The molecule has 3 N–H and O–H groups in total. The predicted octanol–water partition coefficient (Wildman–Crippen LogP) is 1.34. The summed E-state index contributed by atoms with van der Waals surface area (Å²) in [5.41, 5.74) is 7.35. The smallest absolute Gasteiger partial charge is 0.251 e. The topological polar surface area (TPSA) is 64.4 Å². The molecule has 104 valence electrons. The number of benzene rings is 1. The molecule has 1 saturated heterocycles. The first-order valence-corrected chi connectivity index (χ1v) is 6.94. The predicted molar refractivity (Wildman–Crippen MR) is 75.1 cm³/mol. The minimum atomic E-state index is -0.00977. The number of amides is 1. The number of rotatable bonds is 5. The molecule has 0 aliphatic carbocycles. The maximum atomic E-state index is 12.1. The van der Waals surface area contributed by atoms with Gasteiger partial charge in [-0.3, -0.25) is 4.79 Å². The Balaban J connectivity index is 1.86. The number of hydrogen-bond acceptors (Lipinski definition) is 3. The van der Waals surface area contributed by atoms with E-state index in [0.717, 1.165) is 38.0 Å². The molecule has 1 atom stereocenters. The van der Waals surface area contributed by atoms with E-state index in [1.165, 1.54) is 0 Å². The van der Waals surface area contributed by atoms with Crippen molar-refractivity contribution in [1.82, 2.24) is 5.32 Å². The fourth-order valence-electron chi connectivity index (χ4n) is 2.34. The lowest BCUT2D eigenvalue weighted by Crippen LogP contribution is -2.33. The molecule has 0 radical (unpaired) electrons. The lowest BCUT2D eigenvalue weighted by Gasteiger charge is -2.22. The number of nitrogens with one attached hydrogen (secondary N) is 1.